The minimum absolute atomic E-state index is 0.0602. The normalized spacial score (nSPS) is 12.7. The Morgan fingerprint density at radius 2 is 2.33 bits per heavy atom. The Morgan fingerprint density at radius 1 is 1.53 bits per heavy atom. The Kier molecular flexibility index (Phi) is 5.68. The maximum absolute atomic E-state index is 5.74. The molecule has 2 N–H and O–H groups in total. The molecular formula is C11H18N2OS. The lowest BCUT2D eigenvalue weighted by Gasteiger charge is -2.05. The van der Waals surface area contributed by atoms with E-state index in [-0.39, 0.29) is 6.04 Å². The quantitative estimate of drug-likeness (QED) is 0.597. The van der Waals surface area contributed by atoms with E-state index in [4.69, 9.17) is 10.5 Å². The summed E-state index contributed by atoms with van der Waals surface area (Å²) >= 11 is 1.75. The van der Waals surface area contributed by atoms with Crippen molar-refractivity contribution in [1.29, 1.82) is 0 Å². The standard InChI is InChI=1S/C11H18N2OS/c1-9(12)10-4-5-11(13-8-10)15-7-3-6-14-2/h4-5,8-9H,3,6-7,12H2,1-2H3/t9-/m1/s1. The summed E-state index contributed by atoms with van der Waals surface area (Å²) in [5, 5.41) is 1.05. The maximum Gasteiger partial charge on any atom is 0.0960 e. The first kappa shape index (κ1) is 12.5. The molecule has 0 unspecified atom stereocenters. The van der Waals surface area contributed by atoms with E-state index in [2.05, 4.69) is 4.98 Å². The van der Waals surface area contributed by atoms with E-state index >= 15 is 0 Å². The van der Waals surface area contributed by atoms with Crippen LogP contribution in [-0.2, 0) is 4.74 Å². The van der Waals surface area contributed by atoms with Crippen LogP contribution in [0.2, 0.25) is 0 Å². The molecule has 0 fully saturated rings. The number of nitrogens with two attached hydrogens (primary N) is 1. The van der Waals surface area contributed by atoms with E-state index in [1.807, 2.05) is 25.3 Å². The molecule has 0 aliphatic carbocycles. The number of hydrogen-bond donors (Lipinski definition) is 1. The van der Waals surface area contributed by atoms with Gasteiger partial charge in [0.2, 0.25) is 0 Å². The van der Waals surface area contributed by atoms with Gasteiger partial charge in [-0.15, -0.1) is 11.8 Å². The molecule has 0 saturated carbocycles. The second kappa shape index (κ2) is 6.82. The summed E-state index contributed by atoms with van der Waals surface area (Å²) in [6.45, 7) is 2.77. The van der Waals surface area contributed by atoms with Gasteiger partial charge in [-0.3, -0.25) is 0 Å². The van der Waals surface area contributed by atoms with Gasteiger partial charge in [-0.05, 0) is 25.0 Å². The average molecular weight is 226 g/mol. The summed E-state index contributed by atoms with van der Waals surface area (Å²) in [6, 6.07) is 4.12. The predicted octanol–water partition coefficient (Wildman–Crippen LogP) is 2.23. The van der Waals surface area contributed by atoms with Gasteiger partial charge in [-0.25, -0.2) is 4.98 Å². The average Bonchev–Trinajstić information content (AvgIpc) is 2.25. The molecule has 0 amide bonds. The number of aromatic nitrogens is 1. The van der Waals surface area contributed by atoms with Gasteiger partial charge < -0.3 is 10.5 Å². The highest BCUT2D eigenvalue weighted by molar-refractivity contribution is 7.99. The number of nitrogens with zero attached hydrogens (tertiary/aromatic N) is 1. The summed E-state index contributed by atoms with van der Waals surface area (Å²) in [6.07, 6.45) is 2.90. The van der Waals surface area contributed by atoms with Crippen LogP contribution in [0.5, 0.6) is 0 Å². The zero-order valence-corrected chi connectivity index (χ0v) is 10.1. The SMILES string of the molecule is COCCCSc1ccc([C@@H](C)N)cn1. The number of thioether (sulfide) groups is 1. The van der Waals surface area contributed by atoms with Crippen molar-refractivity contribution in [3.8, 4) is 0 Å². The number of hydrogen-bond acceptors (Lipinski definition) is 4. The highest BCUT2D eigenvalue weighted by atomic mass is 32.2. The van der Waals surface area contributed by atoms with Crippen LogP contribution < -0.4 is 5.73 Å². The molecule has 15 heavy (non-hydrogen) atoms. The molecule has 0 saturated heterocycles. The monoisotopic (exact) mass is 226 g/mol. The molecule has 4 heteroatoms. The van der Waals surface area contributed by atoms with Crippen molar-refractivity contribution in [1.82, 2.24) is 4.98 Å². The summed E-state index contributed by atoms with van der Waals surface area (Å²) in [7, 11) is 1.72. The van der Waals surface area contributed by atoms with Crippen molar-refractivity contribution in [3.05, 3.63) is 23.9 Å². The van der Waals surface area contributed by atoms with Crippen molar-refractivity contribution in [3.63, 3.8) is 0 Å². The number of ether oxygens (including phenoxy) is 1. The van der Waals surface area contributed by atoms with Gasteiger partial charge in [0.05, 0.1) is 5.03 Å². The Balaban J connectivity index is 2.36. The van der Waals surface area contributed by atoms with Gasteiger partial charge in [0.15, 0.2) is 0 Å². The summed E-state index contributed by atoms with van der Waals surface area (Å²) in [5.41, 5.74) is 6.82. The van der Waals surface area contributed by atoms with E-state index < -0.39 is 0 Å². The van der Waals surface area contributed by atoms with Crippen LogP contribution >= 0.6 is 11.8 Å². The molecule has 0 bridgehead atoms. The summed E-state index contributed by atoms with van der Waals surface area (Å²) < 4.78 is 4.98. The van der Waals surface area contributed by atoms with Crippen molar-refractivity contribution < 1.29 is 4.74 Å². The molecule has 1 atom stereocenters. The molecule has 1 rings (SSSR count). The fourth-order valence-electron chi connectivity index (χ4n) is 1.13. The van der Waals surface area contributed by atoms with E-state index in [0.29, 0.717) is 0 Å². The largest absolute Gasteiger partial charge is 0.385 e. The first-order chi connectivity index (χ1) is 7.24. The van der Waals surface area contributed by atoms with Gasteiger partial charge in [0.25, 0.3) is 0 Å². The Bertz CT molecular complexity index is 274. The first-order valence-electron chi connectivity index (χ1n) is 5.07. The van der Waals surface area contributed by atoms with Crippen LogP contribution in [0, 0.1) is 0 Å². The van der Waals surface area contributed by atoms with E-state index in [0.717, 1.165) is 29.4 Å². The van der Waals surface area contributed by atoms with E-state index in [1.165, 1.54) is 0 Å². The zero-order valence-electron chi connectivity index (χ0n) is 9.27. The lowest BCUT2D eigenvalue weighted by Crippen LogP contribution is -2.05. The number of rotatable bonds is 6. The fraction of sp³-hybridized carbons (Fsp3) is 0.545. The number of methoxy groups -OCH3 is 1. The topological polar surface area (TPSA) is 48.1 Å². The Hall–Kier alpha value is -0.580. The lowest BCUT2D eigenvalue weighted by atomic mass is 10.2. The highest BCUT2D eigenvalue weighted by Gasteiger charge is 2.00. The molecule has 0 spiro atoms. The molecule has 1 heterocycles. The second-order valence-electron chi connectivity index (χ2n) is 3.41. The molecular weight excluding hydrogens is 208 g/mol. The predicted molar refractivity (Wildman–Crippen MR) is 64.1 cm³/mol. The Labute approximate surface area is 95.4 Å². The Morgan fingerprint density at radius 3 is 2.87 bits per heavy atom. The summed E-state index contributed by atoms with van der Waals surface area (Å²) in [5.74, 6) is 1.04. The van der Waals surface area contributed by atoms with E-state index in [9.17, 15) is 0 Å². The minimum atomic E-state index is 0.0602. The van der Waals surface area contributed by atoms with Gasteiger partial charge in [0, 0.05) is 31.7 Å². The van der Waals surface area contributed by atoms with E-state index in [1.54, 1.807) is 18.9 Å². The van der Waals surface area contributed by atoms with Crippen LogP contribution in [0.15, 0.2) is 23.4 Å². The lowest BCUT2D eigenvalue weighted by molar-refractivity contribution is 0.200. The van der Waals surface area contributed by atoms with Gasteiger partial charge in [-0.1, -0.05) is 6.07 Å². The van der Waals surface area contributed by atoms with Crippen molar-refractivity contribution in [2.45, 2.75) is 24.4 Å². The van der Waals surface area contributed by atoms with Crippen LogP contribution in [0.25, 0.3) is 0 Å². The molecule has 0 aliphatic heterocycles. The molecule has 3 nitrogen and oxygen atoms in total. The molecule has 0 aromatic carbocycles. The zero-order chi connectivity index (χ0) is 11.1. The van der Waals surface area contributed by atoms with Crippen molar-refractivity contribution in [2.75, 3.05) is 19.5 Å². The van der Waals surface area contributed by atoms with Crippen LogP contribution in [0.3, 0.4) is 0 Å². The molecule has 1 aromatic rings. The molecule has 0 aliphatic rings. The second-order valence-corrected chi connectivity index (χ2v) is 4.53. The third-order valence-corrected chi connectivity index (χ3v) is 3.06. The van der Waals surface area contributed by atoms with Crippen LogP contribution in [0.1, 0.15) is 24.9 Å². The molecule has 84 valence electrons. The summed E-state index contributed by atoms with van der Waals surface area (Å²) in [4.78, 5) is 4.34. The third kappa shape index (κ3) is 4.64. The van der Waals surface area contributed by atoms with Crippen molar-refractivity contribution >= 4 is 11.8 Å². The van der Waals surface area contributed by atoms with Gasteiger partial charge in [-0.2, -0.15) is 0 Å². The van der Waals surface area contributed by atoms with Crippen LogP contribution in [-0.4, -0.2) is 24.5 Å². The van der Waals surface area contributed by atoms with Gasteiger partial charge >= 0.3 is 0 Å². The smallest absolute Gasteiger partial charge is 0.0960 e. The minimum Gasteiger partial charge on any atom is -0.385 e. The van der Waals surface area contributed by atoms with Gasteiger partial charge in [0.1, 0.15) is 0 Å². The number of pyridine rings is 1. The highest BCUT2D eigenvalue weighted by Crippen LogP contribution is 2.17. The molecule has 0 radical (unpaired) electrons. The molecule has 1 aromatic heterocycles. The maximum atomic E-state index is 5.74. The first-order valence-corrected chi connectivity index (χ1v) is 6.06. The fourth-order valence-corrected chi connectivity index (χ4v) is 1.89. The van der Waals surface area contributed by atoms with Crippen LogP contribution in [0.4, 0.5) is 0 Å². The third-order valence-electron chi connectivity index (χ3n) is 2.03. The van der Waals surface area contributed by atoms with Crippen molar-refractivity contribution in [2.24, 2.45) is 5.73 Å².